The Morgan fingerprint density at radius 2 is 1.96 bits per heavy atom. The van der Waals surface area contributed by atoms with E-state index in [1.807, 2.05) is 24.3 Å². The number of rotatable bonds is 5. The number of sulfonamides is 1. The summed E-state index contributed by atoms with van der Waals surface area (Å²) in [7, 11) is -3.71. The van der Waals surface area contributed by atoms with Crippen LogP contribution in [0.1, 0.15) is 42.0 Å². The summed E-state index contributed by atoms with van der Waals surface area (Å²) in [6.45, 7) is 2.43. The molecule has 8 heteroatoms. The van der Waals surface area contributed by atoms with Crippen LogP contribution in [0.15, 0.2) is 53.4 Å². The average Bonchev–Trinajstić information content (AvgIpc) is 3.35. The van der Waals surface area contributed by atoms with Gasteiger partial charge in [0, 0.05) is 6.54 Å². The molecule has 0 saturated carbocycles. The van der Waals surface area contributed by atoms with Gasteiger partial charge < -0.3 is 9.72 Å². The minimum atomic E-state index is -3.71. The maximum absolute atomic E-state index is 13.2. The van der Waals surface area contributed by atoms with Gasteiger partial charge in [0.25, 0.3) is 0 Å². The third-order valence-corrected chi connectivity index (χ3v) is 6.82. The molecule has 0 spiro atoms. The highest BCUT2D eigenvalue weighted by Gasteiger charge is 2.37. The molecule has 4 rings (SSSR count). The van der Waals surface area contributed by atoms with Crippen molar-refractivity contribution in [3.63, 3.8) is 0 Å². The van der Waals surface area contributed by atoms with Crippen LogP contribution in [0.2, 0.25) is 0 Å². The summed E-state index contributed by atoms with van der Waals surface area (Å²) in [5, 5.41) is 0. The van der Waals surface area contributed by atoms with Crippen LogP contribution in [0.25, 0.3) is 11.0 Å². The van der Waals surface area contributed by atoms with E-state index in [-0.39, 0.29) is 17.5 Å². The molecule has 1 atom stereocenters. The zero-order chi connectivity index (χ0) is 19.7. The molecular weight excluding hydrogens is 378 g/mol. The Morgan fingerprint density at radius 1 is 1.21 bits per heavy atom. The molecule has 1 N–H and O–H groups in total. The van der Waals surface area contributed by atoms with Crippen LogP contribution in [0.4, 0.5) is 0 Å². The standard InChI is InChI=1S/C20H21N3O4S/c1-2-27-20(24)14-9-11-15(12-10-14)28(25,26)23-13-5-8-18(23)19-21-16-6-3-4-7-17(16)22-19/h3-4,6-7,9-12,18H,2,5,8,13H2,1H3,(H,21,22). The lowest BCUT2D eigenvalue weighted by atomic mass is 10.2. The molecule has 1 fully saturated rings. The van der Waals surface area contributed by atoms with Crippen LogP contribution < -0.4 is 0 Å². The van der Waals surface area contributed by atoms with Crippen molar-refractivity contribution in [1.29, 1.82) is 0 Å². The second-order valence-corrected chi connectivity index (χ2v) is 8.55. The molecule has 1 aliphatic rings. The first-order valence-electron chi connectivity index (χ1n) is 9.24. The van der Waals surface area contributed by atoms with Gasteiger partial charge in [-0.25, -0.2) is 18.2 Å². The monoisotopic (exact) mass is 399 g/mol. The lowest BCUT2D eigenvalue weighted by Gasteiger charge is -2.22. The third kappa shape index (κ3) is 3.29. The number of hydrogen-bond acceptors (Lipinski definition) is 5. The lowest BCUT2D eigenvalue weighted by Crippen LogP contribution is -2.31. The van der Waals surface area contributed by atoms with E-state index in [0.717, 1.165) is 17.5 Å². The number of hydrogen-bond donors (Lipinski definition) is 1. The molecule has 0 radical (unpaired) electrons. The van der Waals surface area contributed by atoms with Crippen LogP contribution >= 0.6 is 0 Å². The van der Waals surface area contributed by atoms with E-state index in [0.29, 0.717) is 24.4 Å². The van der Waals surface area contributed by atoms with E-state index in [9.17, 15) is 13.2 Å². The molecule has 146 valence electrons. The number of aromatic nitrogens is 2. The predicted octanol–water partition coefficient (Wildman–Crippen LogP) is 3.27. The SMILES string of the molecule is CCOC(=O)c1ccc(S(=O)(=O)N2CCCC2c2nc3ccccc3[nH]2)cc1. The van der Waals surface area contributed by atoms with Gasteiger partial charge in [0.15, 0.2) is 0 Å². The second-order valence-electron chi connectivity index (χ2n) is 6.66. The summed E-state index contributed by atoms with van der Waals surface area (Å²) >= 11 is 0. The highest BCUT2D eigenvalue weighted by atomic mass is 32.2. The van der Waals surface area contributed by atoms with Crippen LogP contribution in [0, 0.1) is 0 Å². The fraction of sp³-hybridized carbons (Fsp3) is 0.300. The van der Waals surface area contributed by atoms with Gasteiger partial charge in [-0.3, -0.25) is 0 Å². The Labute approximate surface area is 163 Å². The first-order chi connectivity index (χ1) is 13.5. The summed E-state index contributed by atoms with van der Waals surface area (Å²) in [4.78, 5) is 19.8. The van der Waals surface area contributed by atoms with Crippen molar-refractivity contribution in [3.05, 3.63) is 59.9 Å². The molecule has 7 nitrogen and oxygen atoms in total. The van der Waals surface area contributed by atoms with E-state index >= 15 is 0 Å². The molecule has 0 aliphatic carbocycles. The number of nitrogens with zero attached hydrogens (tertiary/aromatic N) is 2. The van der Waals surface area contributed by atoms with Gasteiger partial charge in [-0.15, -0.1) is 0 Å². The molecule has 1 aromatic heterocycles. The summed E-state index contributed by atoms with van der Waals surface area (Å²) in [5.41, 5.74) is 2.04. The Kier molecular flexibility index (Phi) is 4.91. The number of H-pyrrole nitrogens is 1. The molecule has 1 saturated heterocycles. The Bertz CT molecular complexity index is 1070. The number of aromatic amines is 1. The van der Waals surface area contributed by atoms with Crippen LogP contribution in [0.5, 0.6) is 0 Å². The van der Waals surface area contributed by atoms with Gasteiger partial charge in [-0.1, -0.05) is 12.1 Å². The van der Waals surface area contributed by atoms with E-state index in [4.69, 9.17) is 4.74 Å². The molecule has 3 aromatic rings. The zero-order valence-electron chi connectivity index (χ0n) is 15.5. The summed E-state index contributed by atoms with van der Waals surface area (Å²) in [5.74, 6) is 0.193. The first-order valence-corrected chi connectivity index (χ1v) is 10.7. The van der Waals surface area contributed by atoms with E-state index in [2.05, 4.69) is 9.97 Å². The number of para-hydroxylation sites is 2. The van der Waals surface area contributed by atoms with Gasteiger partial charge in [-0.2, -0.15) is 4.31 Å². The highest BCUT2D eigenvalue weighted by Crippen LogP contribution is 2.36. The Morgan fingerprint density at radius 3 is 2.68 bits per heavy atom. The lowest BCUT2D eigenvalue weighted by molar-refractivity contribution is 0.0526. The van der Waals surface area contributed by atoms with Crippen molar-refractivity contribution >= 4 is 27.0 Å². The predicted molar refractivity (Wildman–Crippen MR) is 104 cm³/mol. The summed E-state index contributed by atoms with van der Waals surface area (Å²) in [6, 6.07) is 13.2. The number of fused-ring (bicyclic) bond motifs is 1. The van der Waals surface area contributed by atoms with Crippen LogP contribution in [-0.2, 0) is 14.8 Å². The quantitative estimate of drug-likeness (QED) is 0.665. The number of imidazole rings is 1. The van der Waals surface area contributed by atoms with Crippen LogP contribution in [-0.4, -0.2) is 41.8 Å². The number of carbonyl (C=O) groups excluding carboxylic acids is 1. The minimum Gasteiger partial charge on any atom is -0.462 e. The maximum Gasteiger partial charge on any atom is 0.338 e. The summed E-state index contributed by atoms with van der Waals surface area (Å²) < 4.78 is 32.9. The number of nitrogens with one attached hydrogen (secondary N) is 1. The molecule has 28 heavy (non-hydrogen) atoms. The van der Waals surface area contributed by atoms with E-state index < -0.39 is 16.0 Å². The molecule has 1 unspecified atom stereocenters. The largest absolute Gasteiger partial charge is 0.462 e. The normalized spacial score (nSPS) is 17.8. The first kappa shape index (κ1) is 18.6. The van der Waals surface area contributed by atoms with E-state index in [1.165, 1.54) is 28.6 Å². The number of benzene rings is 2. The fourth-order valence-corrected chi connectivity index (χ4v) is 5.20. The molecular formula is C20H21N3O4S. The van der Waals surface area contributed by atoms with E-state index in [1.54, 1.807) is 6.92 Å². The molecule has 0 amide bonds. The molecule has 0 bridgehead atoms. The number of carbonyl (C=O) groups is 1. The van der Waals surface area contributed by atoms with Crippen LogP contribution in [0.3, 0.4) is 0 Å². The second kappa shape index (κ2) is 7.37. The van der Waals surface area contributed by atoms with Crippen molar-refractivity contribution in [1.82, 2.24) is 14.3 Å². The zero-order valence-corrected chi connectivity index (χ0v) is 16.3. The molecule has 2 heterocycles. The average molecular weight is 399 g/mol. The van der Waals surface area contributed by atoms with Gasteiger partial charge in [0.2, 0.25) is 10.0 Å². The Balaban J connectivity index is 1.63. The fourth-order valence-electron chi connectivity index (χ4n) is 3.54. The third-order valence-electron chi connectivity index (χ3n) is 4.90. The number of ether oxygens (including phenoxy) is 1. The van der Waals surface area contributed by atoms with Crippen molar-refractivity contribution in [2.24, 2.45) is 0 Å². The van der Waals surface area contributed by atoms with Gasteiger partial charge >= 0.3 is 5.97 Å². The topological polar surface area (TPSA) is 92.4 Å². The van der Waals surface area contributed by atoms with Crippen molar-refractivity contribution in [2.45, 2.75) is 30.7 Å². The van der Waals surface area contributed by atoms with Gasteiger partial charge in [0.1, 0.15) is 5.82 Å². The summed E-state index contributed by atoms with van der Waals surface area (Å²) in [6.07, 6.45) is 1.47. The number of esters is 1. The molecule has 2 aromatic carbocycles. The van der Waals surface area contributed by atoms with Crippen molar-refractivity contribution in [3.8, 4) is 0 Å². The maximum atomic E-state index is 13.2. The minimum absolute atomic E-state index is 0.156. The smallest absolute Gasteiger partial charge is 0.338 e. The highest BCUT2D eigenvalue weighted by molar-refractivity contribution is 7.89. The molecule has 1 aliphatic heterocycles. The van der Waals surface area contributed by atoms with Crippen molar-refractivity contribution < 1.29 is 17.9 Å². The van der Waals surface area contributed by atoms with Crippen molar-refractivity contribution in [2.75, 3.05) is 13.2 Å². The van der Waals surface area contributed by atoms with Gasteiger partial charge in [-0.05, 0) is 56.2 Å². The Hall–Kier alpha value is -2.71. The van der Waals surface area contributed by atoms with Gasteiger partial charge in [0.05, 0.1) is 34.1 Å².